The van der Waals surface area contributed by atoms with Gasteiger partial charge in [0.05, 0.1) is 19.8 Å². The van der Waals surface area contributed by atoms with Crippen molar-refractivity contribution in [3.8, 4) is 5.75 Å². The van der Waals surface area contributed by atoms with E-state index in [4.69, 9.17) is 15.2 Å². The normalized spacial score (nSPS) is 12.0. The molecular formula is C13H19FN2O3. The molecule has 0 fully saturated rings. The summed E-state index contributed by atoms with van der Waals surface area (Å²) in [4.78, 5) is 12.1. The largest absolute Gasteiger partial charge is 0.496 e. The van der Waals surface area contributed by atoms with E-state index in [9.17, 15) is 9.18 Å². The van der Waals surface area contributed by atoms with Gasteiger partial charge in [0.15, 0.2) is 0 Å². The molecule has 1 aromatic rings. The van der Waals surface area contributed by atoms with Crippen LogP contribution >= 0.6 is 0 Å². The average Bonchev–Trinajstić information content (AvgIpc) is 2.38. The molecule has 1 aromatic carbocycles. The van der Waals surface area contributed by atoms with Crippen molar-refractivity contribution in [1.82, 2.24) is 5.32 Å². The number of hydrogen-bond acceptors (Lipinski definition) is 4. The molecule has 0 radical (unpaired) electrons. The van der Waals surface area contributed by atoms with Crippen molar-refractivity contribution in [2.24, 2.45) is 5.73 Å². The maximum Gasteiger partial charge on any atom is 0.258 e. The van der Waals surface area contributed by atoms with Crippen LogP contribution in [-0.2, 0) is 4.74 Å². The molecular weight excluding hydrogens is 251 g/mol. The molecule has 1 atom stereocenters. The maximum atomic E-state index is 13.7. The molecule has 1 unspecified atom stereocenters. The molecule has 1 rings (SSSR count). The second kappa shape index (κ2) is 7.70. The number of carbonyl (C=O) groups is 1. The molecule has 5 nitrogen and oxygen atoms in total. The Bertz CT molecular complexity index is 420. The molecule has 0 saturated heterocycles. The minimum Gasteiger partial charge on any atom is -0.496 e. The van der Waals surface area contributed by atoms with Gasteiger partial charge in [0, 0.05) is 7.11 Å². The van der Waals surface area contributed by atoms with Crippen molar-refractivity contribution >= 4 is 5.91 Å². The number of nitrogens with one attached hydrogen (secondary N) is 1. The monoisotopic (exact) mass is 270 g/mol. The van der Waals surface area contributed by atoms with Gasteiger partial charge in [-0.1, -0.05) is 6.07 Å². The highest BCUT2D eigenvalue weighted by molar-refractivity contribution is 5.97. The van der Waals surface area contributed by atoms with E-state index in [0.29, 0.717) is 19.6 Å². The topological polar surface area (TPSA) is 73.6 Å². The molecule has 0 spiro atoms. The Balaban J connectivity index is 2.87. The fraction of sp³-hybridized carbons (Fsp3) is 0.462. The summed E-state index contributed by atoms with van der Waals surface area (Å²) >= 11 is 0. The van der Waals surface area contributed by atoms with Gasteiger partial charge in [0.2, 0.25) is 0 Å². The second-order valence-electron chi connectivity index (χ2n) is 4.02. The lowest BCUT2D eigenvalue weighted by Crippen LogP contribution is -2.39. The summed E-state index contributed by atoms with van der Waals surface area (Å²) in [7, 11) is 2.91. The molecule has 0 aliphatic rings. The third-order valence-corrected chi connectivity index (χ3v) is 2.64. The fourth-order valence-corrected chi connectivity index (χ4v) is 1.75. The Morgan fingerprint density at radius 1 is 1.47 bits per heavy atom. The first-order valence-electron chi connectivity index (χ1n) is 5.96. The van der Waals surface area contributed by atoms with E-state index in [1.807, 2.05) is 0 Å². The molecule has 106 valence electrons. The van der Waals surface area contributed by atoms with Crippen LogP contribution in [0.2, 0.25) is 0 Å². The number of methoxy groups -OCH3 is 2. The SMILES string of the molecule is COCC(CCN)NC(=O)c1c(F)cccc1OC. The van der Waals surface area contributed by atoms with E-state index in [0.717, 1.165) is 0 Å². The first kappa shape index (κ1) is 15.4. The fourth-order valence-electron chi connectivity index (χ4n) is 1.75. The summed E-state index contributed by atoms with van der Waals surface area (Å²) in [5.41, 5.74) is 5.35. The number of benzene rings is 1. The quantitative estimate of drug-likeness (QED) is 0.773. The zero-order valence-electron chi connectivity index (χ0n) is 11.1. The van der Waals surface area contributed by atoms with E-state index in [1.54, 1.807) is 0 Å². The molecule has 6 heteroatoms. The van der Waals surface area contributed by atoms with Crippen LogP contribution in [0.4, 0.5) is 4.39 Å². The lowest BCUT2D eigenvalue weighted by molar-refractivity contribution is 0.0886. The number of ether oxygens (including phenoxy) is 2. The van der Waals surface area contributed by atoms with Gasteiger partial charge in [-0.15, -0.1) is 0 Å². The number of halogens is 1. The molecule has 19 heavy (non-hydrogen) atoms. The predicted octanol–water partition coefficient (Wildman–Crippen LogP) is 0.928. The molecule has 0 aliphatic heterocycles. The Morgan fingerprint density at radius 3 is 2.79 bits per heavy atom. The van der Waals surface area contributed by atoms with Crippen molar-refractivity contribution in [2.75, 3.05) is 27.4 Å². The molecule has 0 bridgehead atoms. The first-order chi connectivity index (χ1) is 9.13. The van der Waals surface area contributed by atoms with Crippen LogP contribution in [0.1, 0.15) is 16.8 Å². The van der Waals surface area contributed by atoms with Crippen LogP contribution in [0.15, 0.2) is 18.2 Å². The third-order valence-electron chi connectivity index (χ3n) is 2.64. The Morgan fingerprint density at radius 2 is 2.21 bits per heavy atom. The van der Waals surface area contributed by atoms with Gasteiger partial charge in [0.25, 0.3) is 5.91 Å². The summed E-state index contributed by atoms with van der Waals surface area (Å²) in [6.07, 6.45) is 0.552. The number of amides is 1. The van der Waals surface area contributed by atoms with Crippen LogP contribution in [0.25, 0.3) is 0 Å². The molecule has 0 saturated carbocycles. The van der Waals surface area contributed by atoms with Gasteiger partial charge < -0.3 is 20.5 Å². The van der Waals surface area contributed by atoms with E-state index >= 15 is 0 Å². The highest BCUT2D eigenvalue weighted by atomic mass is 19.1. The minimum absolute atomic E-state index is 0.108. The van der Waals surface area contributed by atoms with Crippen molar-refractivity contribution in [3.63, 3.8) is 0 Å². The van der Waals surface area contributed by atoms with Crippen molar-refractivity contribution in [2.45, 2.75) is 12.5 Å². The van der Waals surface area contributed by atoms with Gasteiger partial charge in [-0.2, -0.15) is 0 Å². The van der Waals surface area contributed by atoms with Gasteiger partial charge in [0.1, 0.15) is 17.1 Å². The van der Waals surface area contributed by atoms with Gasteiger partial charge in [-0.05, 0) is 25.1 Å². The van der Waals surface area contributed by atoms with Gasteiger partial charge in [-0.25, -0.2) is 4.39 Å². The summed E-state index contributed by atoms with van der Waals surface area (Å²) in [5, 5.41) is 2.69. The zero-order valence-corrected chi connectivity index (χ0v) is 11.1. The number of nitrogens with two attached hydrogens (primary N) is 1. The van der Waals surface area contributed by atoms with E-state index in [-0.39, 0.29) is 17.4 Å². The smallest absolute Gasteiger partial charge is 0.258 e. The Kier molecular flexibility index (Phi) is 6.24. The molecule has 3 N–H and O–H groups in total. The standard InChI is InChI=1S/C13H19FN2O3/c1-18-8-9(6-7-15)16-13(17)12-10(14)4-3-5-11(12)19-2/h3-5,9H,6-8,15H2,1-2H3,(H,16,17). The van der Waals surface area contributed by atoms with Crippen LogP contribution in [0, 0.1) is 5.82 Å². The van der Waals surface area contributed by atoms with E-state index in [2.05, 4.69) is 5.32 Å². The lowest BCUT2D eigenvalue weighted by atomic mass is 10.1. The van der Waals surface area contributed by atoms with Crippen molar-refractivity contribution in [1.29, 1.82) is 0 Å². The summed E-state index contributed by atoms with van der Waals surface area (Å²) in [6, 6.07) is 3.97. The van der Waals surface area contributed by atoms with E-state index < -0.39 is 11.7 Å². The number of carbonyl (C=O) groups excluding carboxylic acids is 1. The average molecular weight is 270 g/mol. The third kappa shape index (κ3) is 4.18. The summed E-state index contributed by atoms with van der Waals surface area (Å²) in [5.74, 6) is -0.965. The van der Waals surface area contributed by atoms with Crippen LogP contribution in [0.5, 0.6) is 5.75 Å². The van der Waals surface area contributed by atoms with E-state index in [1.165, 1.54) is 32.4 Å². The lowest BCUT2D eigenvalue weighted by Gasteiger charge is -2.18. The number of rotatable bonds is 7. The van der Waals surface area contributed by atoms with Crippen LogP contribution < -0.4 is 15.8 Å². The van der Waals surface area contributed by atoms with Gasteiger partial charge in [-0.3, -0.25) is 4.79 Å². The highest BCUT2D eigenvalue weighted by Crippen LogP contribution is 2.21. The number of hydrogen-bond donors (Lipinski definition) is 2. The van der Waals surface area contributed by atoms with Crippen LogP contribution in [-0.4, -0.2) is 39.3 Å². The first-order valence-corrected chi connectivity index (χ1v) is 5.96. The van der Waals surface area contributed by atoms with Crippen molar-refractivity contribution < 1.29 is 18.7 Å². The van der Waals surface area contributed by atoms with Crippen molar-refractivity contribution in [3.05, 3.63) is 29.6 Å². The van der Waals surface area contributed by atoms with Gasteiger partial charge >= 0.3 is 0 Å². The molecule has 1 amide bonds. The zero-order chi connectivity index (χ0) is 14.3. The highest BCUT2D eigenvalue weighted by Gasteiger charge is 2.20. The van der Waals surface area contributed by atoms with Crippen LogP contribution in [0.3, 0.4) is 0 Å². The summed E-state index contributed by atoms with van der Waals surface area (Å²) in [6.45, 7) is 0.725. The Hall–Kier alpha value is -1.66. The molecule has 0 aromatic heterocycles. The predicted molar refractivity (Wildman–Crippen MR) is 69.8 cm³/mol. The maximum absolute atomic E-state index is 13.7. The second-order valence-corrected chi connectivity index (χ2v) is 4.02. The minimum atomic E-state index is -0.624. The molecule has 0 heterocycles. The molecule has 0 aliphatic carbocycles. The Labute approximate surface area is 111 Å². The summed E-state index contributed by atoms with van der Waals surface area (Å²) < 4.78 is 23.7.